The molecule has 0 radical (unpaired) electrons. The standard InChI is InChI=1S/C14H29N3O3/c1-13(2,3)20-12(18)16-9-11(8-15)17-6-7-19-14(4,5)10-17/h11H,6-10,15H2,1-5H3,(H,16,18). The highest BCUT2D eigenvalue weighted by molar-refractivity contribution is 5.67. The van der Waals surface area contributed by atoms with E-state index in [4.69, 9.17) is 15.2 Å². The largest absolute Gasteiger partial charge is 0.444 e. The summed E-state index contributed by atoms with van der Waals surface area (Å²) >= 11 is 0. The van der Waals surface area contributed by atoms with Gasteiger partial charge >= 0.3 is 6.09 Å². The van der Waals surface area contributed by atoms with Crippen LogP contribution >= 0.6 is 0 Å². The van der Waals surface area contributed by atoms with E-state index in [0.29, 0.717) is 19.7 Å². The number of hydrogen-bond donors (Lipinski definition) is 2. The molecule has 1 atom stereocenters. The molecule has 1 fully saturated rings. The third-order valence-corrected chi connectivity index (χ3v) is 3.12. The zero-order chi connectivity index (χ0) is 15.4. The van der Waals surface area contributed by atoms with Gasteiger partial charge in [0.05, 0.1) is 12.2 Å². The van der Waals surface area contributed by atoms with E-state index in [9.17, 15) is 4.79 Å². The lowest BCUT2D eigenvalue weighted by atomic mass is 10.1. The number of carbonyl (C=O) groups is 1. The van der Waals surface area contributed by atoms with Gasteiger partial charge in [-0.2, -0.15) is 0 Å². The van der Waals surface area contributed by atoms with Crippen molar-refractivity contribution >= 4 is 6.09 Å². The predicted molar refractivity (Wildman–Crippen MR) is 78.7 cm³/mol. The highest BCUT2D eigenvalue weighted by Crippen LogP contribution is 2.18. The van der Waals surface area contributed by atoms with Gasteiger partial charge < -0.3 is 20.5 Å². The van der Waals surface area contributed by atoms with Gasteiger partial charge in [-0.15, -0.1) is 0 Å². The molecule has 1 saturated heterocycles. The van der Waals surface area contributed by atoms with Crippen molar-refractivity contribution in [3.8, 4) is 0 Å². The maximum absolute atomic E-state index is 11.7. The summed E-state index contributed by atoms with van der Waals surface area (Å²) in [5.74, 6) is 0. The van der Waals surface area contributed by atoms with Crippen LogP contribution in [0.15, 0.2) is 0 Å². The van der Waals surface area contributed by atoms with Crippen LogP contribution in [0, 0.1) is 0 Å². The summed E-state index contributed by atoms with van der Waals surface area (Å²) in [6.07, 6.45) is -0.400. The smallest absolute Gasteiger partial charge is 0.407 e. The van der Waals surface area contributed by atoms with Gasteiger partial charge in [-0.05, 0) is 34.6 Å². The minimum Gasteiger partial charge on any atom is -0.444 e. The average molecular weight is 287 g/mol. The Hall–Kier alpha value is -0.850. The lowest BCUT2D eigenvalue weighted by Crippen LogP contribution is -2.57. The summed E-state index contributed by atoms with van der Waals surface area (Å²) in [7, 11) is 0. The Bertz CT molecular complexity index is 326. The molecule has 3 N–H and O–H groups in total. The third kappa shape index (κ3) is 6.07. The fourth-order valence-electron chi connectivity index (χ4n) is 2.24. The van der Waals surface area contributed by atoms with Crippen LogP contribution in [0.2, 0.25) is 0 Å². The number of alkyl carbamates (subject to hydrolysis) is 1. The fraction of sp³-hybridized carbons (Fsp3) is 0.929. The molecule has 1 heterocycles. The molecule has 0 spiro atoms. The van der Waals surface area contributed by atoms with Crippen molar-refractivity contribution in [3.05, 3.63) is 0 Å². The van der Waals surface area contributed by atoms with Crippen molar-refractivity contribution in [2.45, 2.75) is 51.9 Å². The van der Waals surface area contributed by atoms with E-state index < -0.39 is 11.7 Å². The van der Waals surface area contributed by atoms with Gasteiger partial charge in [0.2, 0.25) is 0 Å². The second-order valence-corrected chi connectivity index (χ2v) is 6.85. The number of amides is 1. The molecule has 0 bridgehead atoms. The zero-order valence-electron chi connectivity index (χ0n) is 13.4. The Labute approximate surface area is 122 Å². The molecule has 0 saturated carbocycles. The molecule has 1 unspecified atom stereocenters. The van der Waals surface area contributed by atoms with Gasteiger partial charge in [0, 0.05) is 32.2 Å². The number of nitrogens with two attached hydrogens (primary N) is 1. The normalized spacial score (nSPS) is 21.3. The maximum atomic E-state index is 11.7. The van der Waals surface area contributed by atoms with Crippen LogP contribution in [0.3, 0.4) is 0 Å². The summed E-state index contributed by atoms with van der Waals surface area (Å²) in [5, 5.41) is 2.79. The first-order chi connectivity index (χ1) is 9.13. The predicted octanol–water partition coefficient (Wildman–Crippen LogP) is 0.949. The second kappa shape index (κ2) is 6.74. The Morgan fingerprint density at radius 3 is 2.65 bits per heavy atom. The Balaban J connectivity index is 2.45. The van der Waals surface area contributed by atoms with Gasteiger partial charge in [-0.3, -0.25) is 4.90 Å². The van der Waals surface area contributed by atoms with Crippen molar-refractivity contribution in [2.24, 2.45) is 5.73 Å². The summed E-state index contributed by atoms with van der Waals surface area (Å²) in [5.41, 5.74) is 5.18. The summed E-state index contributed by atoms with van der Waals surface area (Å²) < 4.78 is 10.9. The van der Waals surface area contributed by atoms with Crippen LogP contribution in [0.4, 0.5) is 4.79 Å². The first-order valence-corrected chi connectivity index (χ1v) is 7.18. The average Bonchev–Trinajstić information content (AvgIpc) is 2.26. The molecule has 1 amide bonds. The number of ether oxygens (including phenoxy) is 2. The molecular formula is C14H29N3O3. The molecule has 6 nitrogen and oxygen atoms in total. The van der Waals surface area contributed by atoms with Gasteiger partial charge in [0.15, 0.2) is 0 Å². The molecule has 118 valence electrons. The molecule has 0 aromatic heterocycles. The topological polar surface area (TPSA) is 76.8 Å². The minimum atomic E-state index is -0.483. The molecule has 0 aliphatic carbocycles. The van der Waals surface area contributed by atoms with Crippen molar-refractivity contribution < 1.29 is 14.3 Å². The van der Waals surface area contributed by atoms with E-state index in [0.717, 1.165) is 13.1 Å². The Kier molecular flexibility index (Phi) is 5.79. The summed E-state index contributed by atoms with van der Waals surface area (Å²) in [4.78, 5) is 13.9. The monoisotopic (exact) mass is 287 g/mol. The second-order valence-electron chi connectivity index (χ2n) is 6.85. The number of rotatable bonds is 4. The highest BCUT2D eigenvalue weighted by atomic mass is 16.6. The first kappa shape index (κ1) is 17.2. The van der Waals surface area contributed by atoms with E-state index in [1.165, 1.54) is 0 Å². The molecule has 0 aromatic rings. The molecule has 1 rings (SSSR count). The van der Waals surface area contributed by atoms with Crippen molar-refractivity contribution in [2.75, 3.05) is 32.8 Å². The van der Waals surface area contributed by atoms with Crippen molar-refractivity contribution in [1.82, 2.24) is 10.2 Å². The number of morpholine rings is 1. The molecule has 1 aliphatic rings. The molecule has 1 aliphatic heterocycles. The zero-order valence-corrected chi connectivity index (χ0v) is 13.4. The molecule has 6 heteroatoms. The minimum absolute atomic E-state index is 0.102. The highest BCUT2D eigenvalue weighted by Gasteiger charge is 2.31. The van der Waals surface area contributed by atoms with Gasteiger partial charge in [0.25, 0.3) is 0 Å². The fourth-order valence-corrected chi connectivity index (χ4v) is 2.24. The number of nitrogens with zero attached hydrogens (tertiary/aromatic N) is 1. The van der Waals surface area contributed by atoms with E-state index in [1.807, 2.05) is 20.8 Å². The van der Waals surface area contributed by atoms with Gasteiger partial charge in [-0.1, -0.05) is 0 Å². The van der Waals surface area contributed by atoms with Crippen molar-refractivity contribution in [3.63, 3.8) is 0 Å². The quantitative estimate of drug-likeness (QED) is 0.805. The lowest BCUT2D eigenvalue weighted by Gasteiger charge is -2.42. The third-order valence-electron chi connectivity index (χ3n) is 3.12. The first-order valence-electron chi connectivity index (χ1n) is 7.18. The van der Waals surface area contributed by atoms with Crippen LogP contribution in [0.1, 0.15) is 34.6 Å². The van der Waals surface area contributed by atoms with Crippen LogP contribution in [0.5, 0.6) is 0 Å². The number of carbonyl (C=O) groups excluding carboxylic acids is 1. The van der Waals surface area contributed by atoms with Crippen LogP contribution in [-0.2, 0) is 9.47 Å². The van der Waals surface area contributed by atoms with E-state index in [1.54, 1.807) is 0 Å². The van der Waals surface area contributed by atoms with Crippen molar-refractivity contribution in [1.29, 1.82) is 0 Å². The van der Waals surface area contributed by atoms with Crippen LogP contribution in [-0.4, -0.2) is 61.0 Å². The number of hydrogen-bond acceptors (Lipinski definition) is 5. The van der Waals surface area contributed by atoms with Crippen LogP contribution in [0.25, 0.3) is 0 Å². The molecular weight excluding hydrogens is 258 g/mol. The van der Waals surface area contributed by atoms with E-state index in [2.05, 4.69) is 24.1 Å². The van der Waals surface area contributed by atoms with E-state index in [-0.39, 0.29) is 11.6 Å². The molecule has 20 heavy (non-hydrogen) atoms. The van der Waals surface area contributed by atoms with Gasteiger partial charge in [-0.25, -0.2) is 4.79 Å². The van der Waals surface area contributed by atoms with Gasteiger partial charge in [0.1, 0.15) is 5.60 Å². The summed E-state index contributed by atoms with van der Waals surface area (Å²) in [6.45, 7) is 13.0. The van der Waals surface area contributed by atoms with E-state index >= 15 is 0 Å². The lowest BCUT2D eigenvalue weighted by molar-refractivity contribution is -0.0957. The molecule has 0 aromatic carbocycles. The number of nitrogens with one attached hydrogen (secondary N) is 1. The van der Waals surface area contributed by atoms with Crippen LogP contribution < -0.4 is 11.1 Å². The summed E-state index contributed by atoms with van der Waals surface area (Å²) in [6, 6.07) is 0.102. The SMILES string of the molecule is CC(C)(C)OC(=O)NCC(CN)N1CCOC(C)(C)C1. The Morgan fingerprint density at radius 1 is 1.50 bits per heavy atom. The Morgan fingerprint density at radius 2 is 2.15 bits per heavy atom. The maximum Gasteiger partial charge on any atom is 0.407 e.